The fourth-order valence-electron chi connectivity index (χ4n) is 0.814. The third-order valence-electron chi connectivity index (χ3n) is 1.75. The summed E-state index contributed by atoms with van der Waals surface area (Å²) < 4.78 is 26.6. The van der Waals surface area contributed by atoms with Crippen LogP contribution in [0.5, 0.6) is 0 Å². The maximum absolute atomic E-state index is 11.4. The number of nitrogens with one attached hydrogen (secondary N) is 1. The summed E-state index contributed by atoms with van der Waals surface area (Å²) in [6.07, 6.45) is 1.63. The zero-order valence-corrected chi connectivity index (χ0v) is 8.82. The van der Waals surface area contributed by atoms with Crippen LogP contribution in [-0.2, 0) is 17.1 Å². The molecule has 1 aromatic rings. The lowest BCUT2D eigenvalue weighted by molar-refractivity contribution is 0.296. The molecule has 0 spiro atoms. The highest BCUT2D eigenvalue weighted by atomic mass is 32.2. The second kappa shape index (κ2) is 3.97. The van der Waals surface area contributed by atoms with Gasteiger partial charge in [0.25, 0.3) is 0 Å². The van der Waals surface area contributed by atoms with Crippen molar-refractivity contribution < 1.29 is 13.5 Å². The van der Waals surface area contributed by atoms with Crippen LogP contribution in [0.4, 0.5) is 5.82 Å². The number of sulfonamides is 1. The minimum absolute atomic E-state index is 0.257. The Balaban J connectivity index is 2.78. The largest absolute Gasteiger partial charge is 0.395 e. The van der Waals surface area contributed by atoms with Gasteiger partial charge in [0.2, 0.25) is 10.0 Å². The van der Waals surface area contributed by atoms with Crippen molar-refractivity contribution in [2.24, 2.45) is 7.05 Å². The summed E-state index contributed by atoms with van der Waals surface area (Å²) in [6.45, 7) is 1.01. The number of hydrogen-bond acceptors (Lipinski definition) is 4. The first-order valence-electron chi connectivity index (χ1n) is 4.08. The summed E-state index contributed by atoms with van der Waals surface area (Å²) in [5, 5.41) is 11.7. The third kappa shape index (κ3) is 2.46. The quantitative estimate of drug-likeness (QED) is 0.718. The minimum Gasteiger partial charge on any atom is -0.395 e. The SMILES string of the molecule is CC(CO)S(=O)(=O)Nc1ccn(C)n1. The molecule has 1 rings (SSSR count). The maximum Gasteiger partial charge on any atom is 0.238 e. The molecular formula is C7H13N3O3S. The van der Waals surface area contributed by atoms with Crippen molar-refractivity contribution in [1.29, 1.82) is 0 Å². The van der Waals surface area contributed by atoms with E-state index in [0.29, 0.717) is 0 Å². The molecule has 0 aromatic carbocycles. The molecule has 0 amide bonds. The van der Waals surface area contributed by atoms with Crippen molar-refractivity contribution in [2.45, 2.75) is 12.2 Å². The van der Waals surface area contributed by atoms with Gasteiger partial charge >= 0.3 is 0 Å². The van der Waals surface area contributed by atoms with E-state index in [1.807, 2.05) is 0 Å². The molecule has 14 heavy (non-hydrogen) atoms. The van der Waals surface area contributed by atoms with E-state index in [-0.39, 0.29) is 5.82 Å². The molecule has 7 heteroatoms. The second-order valence-electron chi connectivity index (χ2n) is 3.01. The van der Waals surface area contributed by atoms with E-state index < -0.39 is 21.9 Å². The zero-order valence-electron chi connectivity index (χ0n) is 8.01. The zero-order chi connectivity index (χ0) is 10.8. The molecule has 0 aliphatic rings. The van der Waals surface area contributed by atoms with Gasteiger partial charge in [-0.2, -0.15) is 5.10 Å². The lowest BCUT2D eigenvalue weighted by Crippen LogP contribution is -2.28. The average Bonchev–Trinajstić information content (AvgIpc) is 2.48. The molecule has 1 atom stereocenters. The molecule has 0 aliphatic heterocycles. The molecule has 0 saturated heterocycles. The van der Waals surface area contributed by atoms with Gasteiger partial charge in [-0.3, -0.25) is 9.40 Å². The number of aryl methyl sites for hydroxylation is 1. The van der Waals surface area contributed by atoms with Crippen LogP contribution in [0.3, 0.4) is 0 Å². The van der Waals surface area contributed by atoms with E-state index in [0.717, 1.165) is 0 Å². The first-order chi connectivity index (χ1) is 6.45. The van der Waals surface area contributed by atoms with Gasteiger partial charge in [0.05, 0.1) is 6.61 Å². The van der Waals surface area contributed by atoms with E-state index in [1.54, 1.807) is 19.3 Å². The van der Waals surface area contributed by atoms with Crippen molar-refractivity contribution in [1.82, 2.24) is 9.78 Å². The lowest BCUT2D eigenvalue weighted by atomic mass is 10.5. The van der Waals surface area contributed by atoms with Gasteiger partial charge in [0, 0.05) is 19.3 Å². The highest BCUT2D eigenvalue weighted by molar-refractivity contribution is 7.93. The van der Waals surface area contributed by atoms with Crippen molar-refractivity contribution >= 4 is 15.8 Å². The van der Waals surface area contributed by atoms with E-state index in [1.165, 1.54) is 11.6 Å². The topological polar surface area (TPSA) is 84.2 Å². The van der Waals surface area contributed by atoms with Crippen molar-refractivity contribution in [3.63, 3.8) is 0 Å². The standard InChI is InChI=1S/C7H13N3O3S/c1-6(5-11)14(12,13)9-7-3-4-10(2)8-7/h3-4,6,11H,5H2,1-2H3,(H,8,9). The third-order valence-corrected chi connectivity index (χ3v) is 3.45. The molecule has 0 bridgehead atoms. The Bertz CT molecular complexity index is 398. The normalized spacial score (nSPS) is 13.9. The molecule has 2 N–H and O–H groups in total. The van der Waals surface area contributed by atoms with Crippen molar-refractivity contribution in [3.05, 3.63) is 12.3 Å². The molecule has 6 nitrogen and oxygen atoms in total. The summed E-state index contributed by atoms with van der Waals surface area (Å²) in [4.78, 5) is 0. The summed E-state index contributed by atoms with van der Waals surface area (Å²) in [6, 6.07) is 1.54. The molecule has 0 radical (unpaired) electrons. The molecule has 0 fully saturated rings. The van der Waals surface area contributed by atoms with Crippen LogP contribution >= 0.6 is 0 Å². The van der Waals surface area contributed by atoms with Gasteiger partial charge in [-0.05, 0) is 6.92 Å². The number of aliphatic hydroxyl groups excluding tert-OH is 1. The monoisotopic (exact) mass is 219 g/mol. The number of aliphatic hydroxyl groups is 1. The van der Waals surface area contributed by atoms with Crippen LogP contribution in [0, 0.1) is 0 Å². The summed E-state index contributed by atoms with van der Waals surface area (Å²) in [7, 11) is -1.84. The molecule has 1 unspecified atom stereocenters. The molecule has 0 saturated carbocycles. The van der Waals surface area contributed by atoms with E-state index in [4.69, 9.17) is 5.11 Å². The Labute approximate surface area is 82.6 Å². The fraction of sp³-hybridized carbons (Fsp3) is 0.571. The lowest BCUT2D eigenvalue weighted by Gasteiger charge is -2.09. The molecule has 0 aliphatic carbocycles. The highest BCUT2D eigenvalue weighted by Gasteiger charge is 2.20. The number of nitrogens with zero attached hydrogens (tertiary/aromatic N) is 2. The Morgan fingerprint density at radius 1 is 1.71 bits per heavy atom. The molecular weight excluding hydrogens is 206 g/mol. The second-order valence-corrected chi connectivity index (χ2v) is 5.11. The van der Waals surface area contributed by atoms with E-state index in [9.17, 15) is 8.42 Å². The summed E-state index contributed by atoms with van der Waals surface area (Å²) in [5.74, 6) is 0.257. The Morgan fingerprint density at radius 2 is 2.36 bits per heavy atom. The van der Waals surface area contributed by atoms with Crippen LogP contribution in [0.25, 0.3) is 0 Å². The van der Waals surface area contributed by atoms with Gasteiger partial charge in [0.15, 0.2) is 5.82 Å². The van der Waals surface area contributed by atoms with E-state index in [2.05, 4.69) is 9.82 Å². The molecule has 1 aromatic heterocycles. The summed E-state index contributed by atoms with van der Waals surface area (Å²) >= 11 is 0. The van der Waals surface area contributed by atoms with Crippen LogP contribution in [0.2, 0.25) is 0 Å². The average molecular weight is 219 g/mol. The first-order valence-corrected chi connectivity index (χ1v) is 5.62. The molecule has 80 valence electrons. The predicted molar refractivity (Wildman–Crippen MR) is 52.3 cm³/mol. The Morgan fingerprint density at radius 3 is 2.79 bits per heavy atom. The van der Waals surface area contributed by atoms with Crippen LogP contribution < -0.4 is 4.72 Å². The minimum atomic E-state index is -3.53. The molecule has 1 heterocycles. The van der Waals surface area contributed by atoms with Crippen LogP contribution in [0.15, 0.2) is 12.3 Å². The van der Waals surface area contributed by atoms with Gasteiger partial charge in [0.1, 0.15) is 5.25 Å². The predicted octanol–water partition coefficient (Wildman–Crippen LogP) is -0.457. The highest BCUT2D eigenvalue weighted by Crippen LogP contribution is 2.07. The van der Waals surface area contributed by atoms with Crippen molar-refractivity contribution in [3.8, 4) is 0 Å². The van der Waals surface area contributed by atoms with Crippen LogP contribution in [-0.4, -0.2) is 35.2 Å². The van der Waals surface area contributed by atoms with Crippen molar-refractivity contribution in [2.75, 3.05) is 11.3 Å². The van der Waals surface area contributed by atoms with Gasteiger partial charge in [-0.15, -0.1) is 0 Å². The number of hydrogen-bond donors (Lipinski definition) is 2. The Kier molecular flexibility index (Phi) is 3.12. The van der Waals surface area contributed by atoms with E-state index >= 15 is 0 Å². The van der Waals surface area contributed by atoms with Gasteiger partial charge in [-0.1, -0.05) is 0 Å². The smallest absolute Gasteiger partial charge is 0.238 e. The first kappa shape index (κ1) is 11.0. The fourth-order valence-corrected chi connectivity index (χ4v) is 1.61. The maximum atomic E-state index is 11.4. The number of aromatic nitrogens is 2. The number of anilines is 1. The Hall–Kier alpha value is -1.08. The summed E-state index contributed by atoms with van der Waals surface area (Å²) in [5.41, 5.74) is 0. The van der Waals surface area contributed by atoms with Gasteiger partial charge in [-0.25, -0.2) is 8.42 Å². The number of rotatable bonds is 4. The van der Waals surface area contributed by atoms with Gasteiger partial charge < -0.3 is 5.11 Å². The van der Waals surface area contributed by atoms with Crippen LogP contribution in [0.1, 0.15) is 6.92 Å².